The van der Waals surface area contributed by atoms with E-state index in [0.29, 0.717) is 11.6 Å². The first-order valence-corrected chi connectivity index (χ1v) is 5.93. The highest BCUT2D eigenvalue weighted by Gasteiger charge is 2.66. The normalized spacial score (nSPS) is 24.1. The van der Waals surface area contributed by atoms with Crippen LogP contribution in [-0.4, -0.2) is 0 Å². The smallest absolute Gasteiger partial charge is 0.0939 e. The molecule has 1 aliphatic rings. The Morgan fingerprint density at radius 2 is 1.50 bits per heavy atom. The zero-order chi connectivity index (χ0) is 11.3. The van der Waals surface area contributed by atoms with Crippen molar-refractivity contribution in [3.63, 3.8) is 0 Å². The van der Waals surface area contributed by atoms with Crippen LogP contribution in [0.4, 0.5) is 19.4 Å². The van der Waals surface area contributed by atoms with Crippen LogP contribution >= 0.6 is 10.2 Å². The lowest BCUT2D eigenvalue weighted by Gasteiger charge is -2.43. The molecule has 0 aromatic rings. The lowest BCUT2D eigenvalue weighted by molar-refractivity contribution is 0.376. The van der Waals surface area contributed by atoms with Crippen molar-refractivity contribution in [1.82, 2.24) is 0 Å². The van der Waals surface area contributed by atoms with Crippen molar-refractivity contribution in [2.45, 2.75) is 26.7 Å². The van der Waals surface area contributed by atoms with E-state index in [1.807, 2.05) is 0 Å². The Balaban J connectivity index is 3.09. The van der Waals surface area contributed by atoms with E-state index in [1.54, 1.807) is 6.92 Å². The summed E-state index contributed by atoms with van der Waals surface area (Å²) in [7, 11) is -9.40. The van der Waals surface area contributed by atoms with Crippen molar-refractivity contribution in [3.8, 4) is 0 Å². The molecule has 0 heterocycles. The predicted octanol–water partition coefficient (Wildman–Crippen LogP) is 5.30. The van der Waals surface area contributed by atoms with E-state index in [0.717, 1.165) is 5.57 Å². The molecule has 0 fully saturated rings. The molecule has 1 rings (SSSR count). The first-order valence-electron chi connectivity index (χ1n) is 3.98. The van der Waals surface area contributed by atoms with Gasteiger partial charge in [0.25, 0.3) is 0 Å². The van der Waals surface area contributed by atoms with Crippen LogP contribution in [0.5, 0.6) is 0 Å². The quantitative estimate of drug-likeness (QED) is 0.426. The summed E-state index contributed by atoms with van der Waals surface area (Å²) in [4.78, 5) is -1.65. The molecule has 84 valence electrons. The second-order valence-electron chi connectivity index (χ2n) is 3.58. The highest BCUT2D eigenvalue weighted by Crippen LogP contribution is 3.02. The molecule has 0 radical (unpaired) electrons. The summed E-state index contributed by atoms with van der Waals surface area (Å²) in [5, 5.41) is 0. The average molecular weight is 234 g/mol. The predicted molar refractivity (Wildman–Crippen MR) is 48.8 cm³/mol. The lowest BCUT2D eigenvalue weighted by Crippen LogP contribution is -2.12. The number of allylic oxidation sites excluding steroid dienone is 4. The average Bonchev–Trinajstić information content (AvgIpc) is 1.89. The van der Waals surface area contributed by atoms with Gasteiger partial charge >= 0.3 is 10.2 Å². The van der Waals surface area contributed by atoms with Gasteiger partial charge in [0.15, 0.2) is 0 Å². The van der Waals surface area contributed by atoms with E-state index < -0.39 is 21.5 Å². The monoisotopic (exact) mass is 234 g/mol. The molecule has 0 N–H and O–H groups in total. The van der Waals surface area contributed by atoms with Gasteiger partial charge in [0, 0.05) is 6.42 Å². The molecule has 1 aliphatic carbocycles. The van der Waals surface area contributed by atoms with Gasteiger partial charge in [-0.2, -0.15) is 0 Å². The van der Waals surface area contributed by atoms with E-state index in [-0.39, 0.29) is 6.42 Å². The van der Waals surface area contributed by atoms with Crippen LogP contribution < -0.4 is 0 Å². The van der Waals surface area contributed by atoms with E-state index in [1.165, 1.54) is 6.92 Å². The summed E-state index contributed by atoms with van der Waals surface area (Å²) < 4.78 is 61.6. The van der Waals surface area contributed by atoms with Crippen LogP contribution in [-0.2, 0) is 0 Å². The number of hydrogen-bond donors (Lipinski definition) is 0. The Bertz CT molecular complexity index is 331. The Labute approximate surface area is 79.2 Å². The second kappa shape index (κ2) is 2.35. The minimum atomic E-state index is -9.40. The van der Waals surface area contributed by atoms with E-state index in [9.17, 15) is 19.4 Å². The van der Waals surface area contributed by atoms with E-state index in [2.05, 4.69) is 0 Å². The van der Waals surface area contributed by atoms with Crippen molar-refractivity contribution in [2.75, 3.05) is 0 Å². The molecule has 0 aliphatic heterocycles. The summed E-state index contributed by atoms with van der Waals surface area (Å²) >= 11 is 0. The minimum absolute atomic E-state index is 0.0350. The first-order chi connectivity index (χ1) is 5.90. The van der Waals surface area contributed by atoms with Gasteiger partial charge in [-0.15, -0.1) is 0 Å². The Kier molecular flexibility index (Phi) is 1.94. The molecule has 0 amide bonds. The topological polar surface area (TPSA) is 0 Å². The fraction of sp³-hybridized carbons (Fsp3) is 0.500. The molecule has 0 bridgehead atoms. The third kappa shape index (κ3) is 2.50. The summed E-state index contributed by atoms with van der Waals surface area (Å²) in [5.74, 6) is 0. The molecule has 0 saturated carbocycles. The first kappa shape index (κ1) is 11.6. The Morgan fingerprint density at radius 3 is 1.86 bits per heavy atom. The van der Waals surface area contributed by atoms with E-state index in [4.69, 9.17) is 0 Å². The van der Waals surface area contributed by atoms with Crippen molar-refractivity contribution in [1.29, 1.82) is 0 Å². The molecule has 0 spiro atoms. The molecule has 0 aromatic carbocycles. The molecule has 6 heteroatoms. The van der Waals surface area contributed by atoms with E-state index >= 15 is 0 Å². The van der Waals surface area contributed by atoms with Gasteiger partial charge in [0.05, 0.1) is 4.91 Å². The summed E-state index contributed by atoms with van der Waals surface area (Å²) in [6.07, 6.45) is -0.111. The minimum Gasteiger partial charge on any atom is -0.0939 e. The van der Waals surface area contributed by atoms with Crippen LogP contribution in [0.1, 0.15) is 26.7 Å². The maximum absolute atomic E-state index is 12.3. The summed E-state index contributed by atoms with van der Waals surface area (Å²) in [6, 6.07) is 0. The van der Waals surface area contributed by atoms with Crippen LogP contribution in [0.3, 0.4) is 0 Å². The van der Waals surface area contributed by atoms with Gasteiger partial charge < -0.3 is 0 Å². The highest BCUT2D eigenvalue weighted by atomic mass is 32.5. The van der Waals surface area contributed by atoms with Crippen molar-refractivity contribution < 1.29 is 19.4 Å². The molecular formula is C8H11F5S. The highest BCUT2D eigenvalue weighted by molar-refractivity contribution is 8.48. The zero-order valence-electron chi connectivity index (χ0n) is 7.79. The zero-order valence-corrected chi connectivity index (χ0v) is 8.61. The van der Waals surface area contributed by atoms with Crippen LogP contribution in [0, 0.1) is 0 Å². The van der Waals surface area contributed by atoms with Gasteiger partial charge in [0.1, 0.15) is 0 Å². The maximum atomic E-state index is 12.3. The molecule has 0 aromatic heterocycles. The fourth-order valence-corrected chi connectivity index (χ4v) is 2.11. The van der Waals surface area contributed by atoms with Crippen LogP contribution in [0.15, 0.2) is 22.1 Å². The summed E-state index contributed by atoms with van der Waals surface area (Å²) in [6.45, 7) is 3.10. The van der Waals surface area contributed by atoms with Gasteiger partial charge in [0.2, 0.25) is 0 Å². The number of hydrogen-bond acceptors (Lipinski definition) is 0. The molecule has 0 nitrogen and oxygen atoms in total. The number of rotatable bonds is 1. The van der Waals surface area contributed by atoms with Crippen molar-refractivity contribution >= 4 is 10.2 Å². The maximum Gasteiger partial charge on any atom is 0.307 e. The lowest BCUT2D eigenvalue weighted by atomic mass is 10.00. The van der Waals surface area contributed by atoms with Gasteiger partial charge in [-0.1, -0.05) is 36.7 Å². The Hall–Kier alpha value is -0.520. The summed E-state index contributed by atoms with van der Waals surface area (Å²) in [5.41, 5.74) is 1.12. The molecule has 0 atom stereocenters. The molecule has 14 heavy (non-hydrogen) atoms. The van der Waals surface area contributed by atoms with Crippen LogP contribution in [0.2, 0.25) is 0 Å². The fourth-order valence-electron chi connectivity index (χ4n) is 1.22. The second-order valence-corrected chi connectivity index (χ2v) is 6.04. The number of halogens is 5. The standard InChI is InChI=1S/C8H11F5S/c1-6-3-4-8(5-7(6)2)14(9,10,11,12)13/h4H,3,5H2,1-2H3. The molecule has 0 unspecified atom stereocenters. The van der Waals surface area contributed by atoms with Crippen molar-refractivity contribution in [3.05, 3.63) is 22.1 Å². The Morgan fingerprint density at radius 1 is 1.00 bits per heavy atom. The van der Waals surface area contributed by atoms with Gasteiger partial charge in [-0.25, -0.2) is 0 Å². The van der Waals surface area contributed by atoms with Gasteiger partial charge in [-0.3, -0.25) is 0 Å². The molecular weight excluding hydrogens is 223 g/mol. The SMILES string of the molecule is CC1=C(C)CC(S(F)(F)(F)(F)F)=CC1. The van der Waals surface area contributed by atoms with Crippen molar-refractivity contribution in [2.24, 2.45) is 0 Å². The van der Waals surface area contributed by atoms with Gasteiger partial charge in [-0.05, 0) is 20.3 Å². The third-order valence-electron chi connectivity index (χ3n) is 2.30. The largest absolute Gasteiger partial charge is 0.307 e. The third-order valence-corrected chi connectivity index (χ3v) is 3.60. The van der Waals surface area contributed by atoms with Crippen LogP contribution in [0.25, 0.3) is 0 Å². The molecule has 0 saturated heterocycles.